The Hall–Kier alpha value is -0.610. The van der Waals surface area contributed by atoms with Crippen molar-refractivity contribution in [3.63, 3.8) is 0 Å². The van der Waals surface area contributed by atoms with Crippen molar-refractivity contribution in [2.45, 2.75) is 51.2 Å². The van der Waals surface area contributed by atoms with E-state index in [2.05, 4.69) is 26.2 Å². The number of nitrogens with one attached hydrogen (secondary N) is 1. The summed E-state index contributed by atoms with van der Waals surface area (Å²) in [7, 11) is 0. The Kier molecular flexibility index (Phi) is 4.40. The van der Waals surface area contributed by atoms with Gasteiger partial charge in [0.15, 0.2) is 0 Å². The molecule has 0 spiro atoms. The number of anilines is 1. The molecule has 1 saturated carbocycles. The minimum atomic E-state index is -0.258. The second-order valence-corrected chi connectivity index (χ2v) is 5.54. The van der Waals surface area contributed by atoms with E-state index in [1.807, 2.05) is 13.0 Å². The van der Waals surface area contributed by atoms with E-state index < -0.39 is 0 Å². The van der Waals surface area contributed by atoms with Gasteiger partial charge in [-0.15, -0.1) is 0 Å². The second-order valence-electron chi connectivity index (χ2n) is 4.75. The van der Waals surface area contributed by atoms with Gasteiger partial charge in [-0.05, 0) is 47.3 Å². The molecule has 17 heavy (non-hydrogen) atoms. The molecule has 94 valence electrons. The van der Waals surface area contributed by atoms with Gasteiger partial charge in [-0.2, -0.15) is 0 Å². The Labute approximate surface area is 111 Å². The number of aryl methyl sites for hydroxylation is 1. The van der Waals surface area contributed by atoms with Crippen molar-refractivity contribution in [2.24, 2.45) is 0 Å². The van der Waals surface area contributed by atoms with Crippen molar-refractivity contribution >= 4 is 21.7 Å². The minimum absolute atomic E-state index is 0.128. The van der Waals surface area contributed by atoms with Crippen molar-refractivity contribution in [3.8, 4) is 0 Å². The number of aliphatic hydroxyl groups is 1. The number of rotatable bonds is 2. The topological polar surface area (TPSA) is 45.2 Å². The summed E-state index contributed by atoms with van der Waals surface area (Å²) in [6, 6.07) is 2.10. The molecule has 1 aliphatic carbocycles. The molecule has 1 aromatic rings. The lowest BCUT2D eigenvalue weighted by atomic mass is 10.1. The molecule has 0 aromatic carbocycles. The van der Waals surface area contributed by atoms with Crippen LogP contribution in [0.3, 0.4) is 0 Å². The van der Waals surface area contributed by atoms with E-state index in [0.29, 0.717) is 0 Å². The number of halogens is 1. The maximum atomic E-state index is 10.1. The molecular formula is C13H19BrN2O. The molecule has 1 fully saturated rings. The van der Waals surface area contributed by atoms with Crippen molar-refractivity contribution in [1.82, 2.24) is 4.98 Å². The maximum Gasteiger partial charge on any atom is 0.140 e. The Morgan fingerprint density at radius 2 is 2.12 bits per heavy atom. The van der Waals surface area contributed by atoms with Gasteiger partial charge >= 0.3 is 0 Å². The molecule has 4 heteroatoms. The van der Waals surface area contributed by atoms with Gasteiger partial charge < -0.3 is 10.4 Å². The zero-order valence-electron chi connectivity index (χ0n) is 10.1. The Morgan fingerprint density at radius 1 is 1.35 bits per heavy atom. The van der Waals surface area contributed by atoms with E-state index in [1.165, 1.54) is 12.8 Å². The van der Waals surface area contributed by atoms with Crippen LogP contribution in [0.5, 0.6) is 0 Å². The third-order valence-corrected chi connectivity index (χ3v) is 4.38. The van der Waals surface area contributed by atoms with Crippen LogP contribution in [-0.4, -0.2) is 22.2 Å². The van der Waals surface area contributed by atoms with Crippen LogP contribution >= 0.6 is 15.9 Å². The first-order chi connectivity index (χ1) is 8.18. The fourth-order valence-corrected chi connectivity index (χ4v) is 2.62. The van der Waals surface area contributed by atoms with Crippen LogP contribution < -0.4 is 5.32 Å². The van der Waals surface area contributed by atoms with Gasteiger partial charge in [0, 0.05) is 6.20 Å². The molecule has 2 rings (SSSR count). The largest absolute Gasteiger partial charge is 0.391 e. The van der Waals surface area contributed by atoms with Crippen molar-refractivity contribution in [2.75, 3.05) is 5.32 Å². The monoisotopic (exact) mass is 298 g/mol. The van der Waals surface area contributed by atoms with E-state index in [0.717, 1.165) is 35.1 Å². The van der Waals surface area contributed by atoms with Crippen LogP contribution in [0.4, 0.5) is 5.82 Å². The number of nitrogens with zero attached hydrogens (tertiary/aromatic N) is 1. The molecule has 2 N–H and O–H groups in total. The number of pyridine rings is 1. The van der Waals surface area contributed by atoms with Gasteiger partial charge in [-0.25, -0.2) is 4.98 Å². The van der Waals surface area contributed by atoms with E-state index in [-0.39, 0.29) is 12.1 Å². The molecule has 0 aliphatic heterocycles. The van der Waals surface area contributed by atoms with Crippen molar-refractivity contribution in [1.29, 1.82) is 0 Å². The lowest BCUT2D eigenvalue weighted by molar-refractivity contribution is 0.144. The average molecular weight is 299 g/mol. The van der Waals surface area contributed by atoms with Crippen LogP contribution in [-0.2, 0) is 0 Å². The molecule has 1 aromatic heterocycles. The molecule has 1 heterocycles. The molecule has 0 amide bonds. The highest BCUT2D eigenvalue weighted by Gasteiger charge is 2.22. The first kappa shape index (κ1) is 12.8. The van der Waals surface area contributed by atoms with Gasteiger partial charge in [0.25, 0.3) is 0 Å². The lowest BCUT2D eigenvalue weighted by Gasteiger charge is -2.23. The third-order valence-electron chi connectivity index (χ3n) is 3.38. The summed E-state index contributed by atoms with van der Waals surface area (Å²) >= 11 is 3.54. The summed E-state index contributed by atoms with van der Waals surface area (Å²) in [4.78, 5) is 4.33. The Morgan fingerprint density at radius 3 is 2.94 bits per heavy atom. The molecule has 2 atom stereocenters. The Bertz CT molecular complexity index is 384. The standard InChI is InChI=1S/C13H19BrN2O/c1-9-7-8-15-13(12(9)14)16-10-5-3-2-4-6-11(10)17/h7-8,10-11,17H,2-6H2,1H3,(H,15,16). The van der Waals surface area contributed by atoms with E-state index in [1.54, 1.807) is 6.20 Å². The summed E-state index contributed by atoms with van der Waals surface area (Å²) in [5.41, 5.74) is 1.16. The SMILES string of the molecule is Cc1ccnc(NC2CCCCCC2O)c1Br. The predicted molar refractivity (Wildman–Crippen MR) is 73.2 cm³/mol. The molecule has 2 unspecified atom stereocenters. The number of aromatic nitrogens is 1. The predicted octanol–water partition coefficient (Wildman–Crippen LogP) is 3.26. The van der Waals surface area contributed by atoms with E-state index >= 15 is 0 Å². The van der Waals surface area contributed by atoms with Gasteiger partial charge in [-0.1, -0.05) is 19.3 Å². The van der Waals surface area contributed by atoms with Crippen LogP contribution in [0.2, 0.25) is 0 Å². The van der Waals surface area contributed by atoms with Gasteiger partial charge in [0.1, 0.15) is 5.82 Å². The quantitative estimate of drug-likeness (QED) is 0.824. The van der Waals surface area contributed by atoms with E-state index in [9.17, 15) is 5.11 Å². The average Bonchev–Trinajstić information content (AvgIpc) is 2.51. The summed E-state index contributed by atoms with van der Waals surface area (Å²) in [6.07, 6.45) is 6.97. The van der Waals surface area contributed by atoms with Crippen LogP contribution in [0, 0.1) is 6.92 Å². The summed E-state index contributed by atoms with van der Waals surface area (Å²) in [6.45, 7) is 2.04. The van der Waals surface area contributed by atoms with Crippen LogP contribution in [0.25, 0.3) is 0 Å². The van der Waals surface area contributed by atoms with E-state index in [4.69, 9.17) is 0 Å². The Balaban J connectivity index is 2.10. The fraction of sp³-hybridized carbons (Fsp3) is 0.615. The zero-order chi connectivity index (χ0) is 12.3. The van der Waals surface area contributed by atoms with Gasteiger partial charge in [-0.3, -0.25) is 0 Å². The third kappa shape index (κ3) is 3.19. The number of hydrogen-bond donors (Lipinski definition) is 2. The summed E-state index contributed by atoms with van der Waals surface area (Å²) in [5.74, 6) is 0.843. The van der Waals surface area contributed by atoms with Crippen molar-refractivity contribution < 1.29 is 5.11 Å². The van der Waals surface area contributed by atoms with Crippen molar-refractivity contribution in [3.05, 3.63) is 22.3 Å². The maximum absolute atomic E-state index is 10.1. The normalized spacial score (nSPS) is 25.4. The lowest BCUT2D eigenvalue weighted by Crippen LogP contribution is -2.32. The fourth-order valence-electron chi connectivity index (χ4n) is 2.27. The first-order valence-corrected chi connectivity index (χ1v) is 7.03. The number of hydrogen-bond acceptors (Lipinski definition) is 3. The number of aliphatic hydroxyl groups excluding tert-OH is 1. The zero-order valence-corrected chi connectivity index (χ0v) is 11.7. The minimum Gasteiger partial charge on any atom is -0.391 e. The highest BCUT2D eigenvalue weighted by molar-refractivity contribution is 9.10. The summed E-state index contributed by atoms with van der Waals surface area (Å²) in [5, 5.41) is 13.4. The molecule has 0 saturated heterocycles. The molecule has 0 bridgehead atoms. The molecule has 0 radical (unpaired) electrons. The highest BCUT2D eigenvalue weighted by atomic mass is 79.9. The second kappa shape index (κ2) is 5.83. The molecular weight excluding hydrogens is 280 g/mol. The highest BCUT2D eigenvalue weighted by Crippen LogP contribution is 2.27. The smallest absolute Gasteiger partial charge is 0.140 e. The first-order valence-electron chi connectivity index (χ1n) is 6.24. The van der Waals surface area contributed by atoms with Crippen LogP contribution in [0.15, 0.2) is 16.7 Å². The summed E-state index contributed by atoms with van der Waals surface area (Å²) < 4.78 is 0.997. The molecule has 3 nitrogen and oxygen atoms in total. The molecule has 1 aliphatic rings. The van der Waals surface area contributed by atoms with Crippen LogP contribution in [0.1, 0.15) is 37.7 Å². The van der Waals surface area contributed by atoms with Gasteiger partial charge in [0.2, 0.25) is 0 Å². The van der Waals surface area contributed by atoms with Gasteiger partial charge in [0.05, 0.1) is 16.6 Å².